The molecule has 0 aromatic carbocycles. The number of carbonyl (C=O) groups is 2. The number of hydrogen-bond acceptors (Lipinski definition) is 7. The van der Waals surface area contributed by atoms with E-state index in [-0.39, 0.29) is 34.8 Å². The summed E-state index contributed by atoms with van der Waals surface area (Å²) >= 11 is 13.8. The maximum Gasteiger partial charge on any atom is 0.310 e. The molecule has 6 aliphatic rings. The molecular weight excluding hydrogens is 679 g/mol. The summed E-state index contributed by atoms with van der Waals surface area (Å²) in [6.07, 6.45) is 23.0. The highest BCUT2D eigenvalue weighted by molar-refractivity contribution is 6.21. The van der Waals surface area contributed by atoms with Gasteiger partial charge in [0.25, 0.3) is 0 Å². The lowest BCUT2D eigenvalue weighted by molar-refractivity contribution is -0.339. The Labute approximate surface area is 310 Å². The molecule has 0 amide bonds. The Morgan fingerprint density at radius 3 is 1.66 bits per heavy atom. The summed E-state index contributed by atoms with van der Waals surface area (Å²) in [5, 5.41) is 18.9. The molecule has 6 rings (SSSR count). The van der Waals surface area contributed by atoms with E-state index in [1.165, 1.54) is 70.6 Å². The maximum absolute atomic E-state index is 13.4. The van der Waals surface area contributed by atoms with Crippen molar-refractivity contribution >= 4 is 35.1 Å². The minimum atomic E-state index is -0.864. The molecule has 8 nitrogen and oxygen atoms in total. The quantitative estimate of drug-likeness (QED) is 0.0880. The number of esters is 1. The van der Waals surface area contributed by atoms with E-state index in [1.807, 2.05) is 0 Å². The third-order valence-electron chi connectivity index (χ3n) is 14.5. The smallest absolute Gasteiger partial charge is 0.310 e. The van der Waals surface area contributed by atoms with Gasteiger partial charge in [-0.3, -0.25) is 14.8 Å². The monoisotopic (exact) mass is 742 g/mol. The van der Waals surface area contributed by atoms with Crippen molar-refractivity contribution < 1.29 is 39.4 Å². The van der Waals surface area contributed by atoms with E-state index >= 15 is 0 Å². The van der Waals surface area contributed by atoms with Crippen molar-refractivity contribution in [2.75, 3.05) is 13.2 Å². The van der Waals surface area contributed by atoms with Gasteiger partial charge < -0.3 is 9.84 Å². The van der Waals surface area contributed by atoms with Crippen molar-refractivity contribution in [2.45, 2.75) is 164 Å². The summed E-state index contributed by atoms with van der Waals surface area (Å²) in [6, 6.07) is 0. The Bertz CT molecular complexity index is 1070. The zero-order valence-corrected chi connectivity index (χ0v) is 31.7. The molecule has 12 unspecified atom stereocenters. The molecule has 0 spiro atoms. The molecule has 2 N–H and O–H groups in total. The van der Waals surface area contributed by atoms with Crippen LogP contribution < -0.4 is 0 Å². The minimum Gasteiger partial charge on any atom is -0.481 e. The van der Waals surface area contributed by atoms with E-state index in [1.54, 1.807) is 0 Å². The van der Waals surface area contributed by atoms with Gasteiger partial charge in [0, 0.05) is 0 Å². The number of rotatable bonds is 12. The van der Waals surface area contributed by atoms with Crippen molar-refractivity contribution in [3.63, 3.8) is 0 Å². The topological polar surface area (TPSA) is 112 Å². The van der Waals surface area contributed by atoms with Gasteiger partial charge in [-0.05, 0) is 124 Å². The first-order chi connectivity index (χ1) is 24.3. The van der Waals surface area contributed by atoms with Crippen LogP contribution in [0, 0.1) is 59.2 Å². The van der Waals surface area contributed by atoms with E-state index in [0.29, 0.717) is 62.1 Å². The predicted octanol–water partition coefficient (Wildman–Crippen LogP) is 9.83. The maximum atomic E-state index is 13.4. The molecule has 0 radical (unpaired) electrons. The van der Waals surface area contributed by atoms with Gasteiger partial charge in [-0.2, -0.15) is 0 Å². The second-order valence-corrected chi connectivity index (χ2v) is 18.5. The molecule has 0 bridgehead atoms. The Balaban J connectivity index is 0.906. The van der Waals surface area contributed by atoms with Crippen LogP contribution in [0.2, 0.25) is 0 Å². The second kappa shape index (κ2) is 19.1. The second-order valence-electron chi connectivity index (χ2n) is 17.4. The fourth-order valence-electron chi connectivity index (χ4n) is 11.5. The third-order valence-corrected chi connectivity index (χ3v) is 15.4. The molecule has 12 atom stereocenters. The van der Waals surface area contributed by atoms with E-state index in [0.717, 1.165) is 63.2 Å². The van der Waals surface area contributed by atoms with Gasteiger partial charge in [-0.1, -0.05) is 64.2 Å². The lowest BCUT2D eigenvalue weighted by Crippen LogP contribution is -2.43. The average Bonchev–Trinajstić information content (AvgIpc) is 3.14. The standard InChI is InChI=1S/C40H64Cl2O8/c41-35-21-29(14-17-37(35)49-40(45)33-16-13-28(20-34(33)39(43)44)26-9-5-2-6-10-26)30-15-18-38(36(42)22-30)50-48-24-31-12-11-27(19-32(31)23-47-46)25-7-3-1-4-8-25/h25-38,46H,1-24H2,(H,43,44). The van der Waals surface area contributed by atoms with Gasteiger partial charge in [-0.15, -0.1) is 23.2 Å². The van der Waals surface area contributed by atoms with Crippen molar-refractivity contribution in [3.05, 3.63) is 0 Å². The fourth-order valence-corrected chi connectivity index (χ4v) is 12.3. The van der Waals surface area contributed by atoms with Gasteiger partial charge in [0.05, 0.1) is 35.8 Å². The van der Waals surface area contributed by atoms with Crippen molar-refractivity contribution in [1.82, 2.24) is 0 Å². The van der Waals surface area contributed by atoms with Gasteiger partial charge in [-0.25, -0.2) is 14.7 Å². The molecule has 6 saturated carbocycles. The van der Waals surface area contributed by atoms with Gasteiger partial charge in [0.1, 0.15) is 12.2 Å². The van der Waals surface area contributed by atoms with E-state index in [4.69, 9.17) is 37.7 Å². The number of ether oxygens (including phenoxy) is 1. The molecule has 6 fully saturated rings. The Morgan fingerprint density at radius 1 is 0.540 bits per heavy atom. The summed E-state index contributed by atoms with van der Waals surface area (Å²) < 4.78 is 6.01. The van der Waals surface area contributed by atoms with Crippen molar-refractivity contribution in [3.8, 4) is 0 Å². The van der Waals surface area contributed by atoms with Crippen LogP contribution in [0.4, 0.5) is 0 Å². The Hall–Kier alpha value is -0.640. The number of hydrogen-bond donors (Lipinski definition) is 2. The zero-order valence-electron chi connectivity index (χ0n) is 30.2. The first-order valence-electron chi connectivity index (χ1n) is 20.6. The zero-order chi connectivity index (χ0) is 35.0. The first-order valence-corrected chi connectivity index (χ1v) is 21.4. The summed E-state index contributed by atoms with van der Waals surface area (Å²) in [4.78, 5) is 42.1. The molecule has 50 heavy (non-hydrogen) atoms. The molecule has 0 saturated heterocycles. The Morgan fingerprint density at radius 2 is 1.08 bits per heavy atom. The number of carboxylic acid groups (broad SMARTS) is 1. The van der Waals surface area contributed by atoms with Gasteiger partial charge in [0.2, 0.25) is 0 Å². The molecule has 0 aliphatic heterocycles. The highest BCUT2D eigenvalue weighted by Crippen LogP contribution is 2.46. The van der Waals surface area contributed by atoms with E-state index in [9.17, 15) is 20.0 Å². The highest BCUT2D eigenvalue weighted by atomic mass is 35.5. The van der Waals surface area contributed by atoms with E-state index in [2.05, 4.69) is 4.89 Å². The van der Waals surface area contributed by atoms with Crippen LogP contribution >= 0.6 is 23.2 Å². The minimum absolute atomic E-state index is 0.145. The van der Waals surface area contributed by atoms with Crippen molar-refractivity contribution in [1.29, 1.82) is 0 Å². The SMILES string of the molecule is O=C(O)C1CC(C2CCCCC2)CCC1C(=O)OC1CCC(C2CCC(OOCC3CCC(C4CCCCC4)CC3COO)C(Cl)C2)CC1Cl. The van der Waals surface area contributed by atoms with Crippen LogP contribution in [0.5, 0.6) is 0 Å². The van der Waals surface area contributed by atoms with Crippen LogP contribution in [0.25, 0.3) is 0 Å². The summed E-state index contributed by atoms with van der Waals surface area (Å²) in [7, 11) is 0. The lowest BCUT2D eigenvalue weighted by atomic mass is 9.67. The van der Waals surface area contributed by atoms with Crippen molar-refractivity contribution in [2.24, 2.45) is 59.2 Å². The lowest BCUT2D eigenvalue weighted by Gasteiger charge is -2.42. The number of halogens is 2. The molecular formula is C40H64Cl2O8. The van der Waals surface area contributed by atoms with Crippen LogP contribution in [-0.2, 0) is 29.0 Å². The summed E-state index contributed by atoms with van der Waals surface area (Å²) in [5.74, 6) is 1.53. The largest absolute Gasteiger partial charge is 0.481 e. The normalized spacial score (nSPS) is 41.0. The van der Waals surface area contributed by atoms with Crippen LogP contribution in [0.15, 0.2) is 0 Å². The first kappa shape index (κ1) is 39.1. The summed E-state index contributed by atoms with van der Waals surface area (Å²) in [5.41, 5.74) is 0. The molecule has 6 aliphatic carbocycles. The predicted molar refractivity (Wildman–Crippen MR) is 193 cm³/mol. The molecule has 0 aromatic rings. The summed E-state index contributed by atoms with van der Waals surface area (Å²) in [6.45, 7) is 0.856. The van der Waals surface area contributed by atoms with Gasteiger partial charge >= 0.3 is 11.9 Å². The van der Waals surface area contributed by atoms with Gasteiger partial charge in [0.15, 0.2) is 0 Å². The van der Waals surface area contributed by atoms with Crippen LogP contribution in [0.1, 0.15) is 141 Å². The highest BCUT2D eigenvalue weighted by Gasteiger charge is 2.45. The number of alkyl halides is 2. The van der Waals surface area contributed by atoms with E-state index < -0.39 is 17.8 Å². The molecule has 286 valence electrons. The molecule has 0 heterocycles. The molecule has 0 aromatic heterocycles. The Kier molecular flexibility index (Phi) is 14.9. The van der Waals surface area contributed by atoms with Crippen LogP contribution in [-0.4, -0.2) is 58.5 Å². The third kappa shape index (κ3) is 10.1. The number of carbonyl (C=O) groups excluding carboxylic acids is 1. The fraction of sp³-hybridized carbons (Fsp3) is 0.950. The number of carboxylic acids is 1. The van der Waals surface area contributed by atoms with Crippen LogP contribution in [0.3, 0.4) is 0 Å². The average molecular weight is 744 g/mol. The molecule has 10 heteroatoms. The number of aliphatic carboxylic acids is 1.